The summed E-state index contributed by atoms with van der Waals surface area (Å²) >= 11 is 6.41. The van der Waals surface area contributed by atoms with E-state index < -0.39 is 0 Å². The summed E-state index contributed by atoms with van der Waals surface area (Å²) in [6.45, 7) is 0.998. The van der Waals surface area contributed by atoms with Gasteiger partial charge in [0.25, 0.3) is 0 Å². The van der Waals surface area contributed by atoms with Crippen LogP contribution >= 0.6 is 23.7 Å². The molecule has 2 N–H and O–H groups in total. The fourth-order valence-corrected chi connectivity index (χ4v) is 3.50. The molecule has 9 heteroatoms. The van der Waals surface area contributed by atoms with Gasteiger partial charge in [0, 0.05) is 36.2 Å². The summed E-state index contributed by atoms with van der Waals surface area (Å²) in [7, 11) is 0. The van der Waals surface area contributed by atoms with E-state index in [1.165, 1.54) is 6.20 Å². The number of anilines is 1. The molecule has 1 aliphatic rings. The molecule has 2 heterocycles. The van der Waals surface area contributed by atoms with Crippen molar-refractivity contribution >= 4 is 41.1 Å². The number of hydrogen-bond acceptors (Lipinski definition) is 5. The first-order valence-corrected chi connectivity index (χ1v) is 10.2. The molecule has 6 nitrogen and oxygen atoms in total. The van der Waals surface area contributed by atoms with Gasteiger partial charge in [0.1, 0.15) is 10.7 Å². The highest BCUT2D eigenvalue weighted by molar-refractivity contribution is 7.94. The fraction of sp³-hybridized carbons (Fsp3) is 0.316. The number of nitrogens with one attached hydrogen (secondary N) is 2. The quantitative estimate of drug-likeness (QED) is 0.531. The van der Waals surface area contributed by atoms with Crippen LogP contribution in [0.3, 0.4) is 0 Å². The van der Waals surface area contributed by atoms with Crippen molar-refractivity contribution in [1.82, 2.24) is 19.9 Å². The molecule has 28 heavy (non-hydrogen) atoms. The van der Waals surface area contributed by atoms with E-state index >= 15 is 0 Å². The van der Waals surface area contributed by atoms with Crippen molar-refractivity contribution in [3.8, 4) is 11.3 Å². The molecule has 0 radical (unpaired) electrons. The maximum Gasteiger partial charge on any atom is 0.220 e. The molecule has 1 saturated carbocycles. The number of benzene rings is 1. The third kappa shape index (κ3) is 4.23. The highest BCUT2D eigenvalue weighted by atomic mass is 35.5. The summed E-state index contributed by atoms with van der Waals surface area (Å²) < 4.78 is 14.8. The number of nitrogens with zero attached hydrogens (tertiary/aromatic N) is 3. The number of amides is 1. The van der Waals surface area contributed by atoms with Crippen LogP contribution in [0.4, 0.5) is 9.70 Å². The molecule has 4 rings (SSSR count). The molecule has 1 aromatic carbocycles. The summed E-state index contributed by atoms with van der Waals surface area (Å²) in [6, 6.07) is 9.18. The molecule has 0 spiro atoms. The van der Waals surface area contributed by atoms with Gasteiger partial charge in [-0.1, -0.05) is 29.8 Å². The van der Waals surface area contributed by atoms with E-state index in [1.54, 1.807) is 10.6 Å². The average Bonchev–Trinajstić information content (AvgIpc) is 3.41. The number of hydrogen-bond donors (Lipinski definition) is 2. The van der Waals surface area contributed by atoms with Gasteiger partial charge >= 0.3 is 0 Å². The minimum atomic E-state index is 0.0798. The first-order valence-electron chi connectivity index (χ1n) is 9.08. The Labute approximate surface area is 171 Å². The van der Waals surface area contributed by atoms with Crippen molar-refractivity contribution in [1.29, 1.82) is 0 Å². The van der Waals surface area contributed by atoms with Gasteiger partial charge in [-0.2, -0.15) is 13.5 Å². The summed E-state index contributed by atoms with van der Waals surface area (Å²) in [5.41, 5.74) is 1.78. The molecule has 0 aliphatic heterocycles. The van der Waals surface area contributed by atoms with Crippen molar-refractivity contribution < 1.29 is 8.68 Å². The average molecular weight is 420 g/mol. The molecule has 0 atom stereocenters. The van der Waals surface area contributed by atoms with E-state index in [-0.39, 0.29) is 18.1 Å². The molecular formula is C19H19ClFN5OS. The maximum atomic E-state index is 13.3. The number of halogens is 2. The number of carbonyl (C=O) groups is 1. The molecule has 0 saturated heterocycles. The molecule has 146 valence electrons. The Morgan fingerprint density at radius 3 is 2.89 bits per heavy atom. The van der Waals surface area contributed by atoms with Gasteiger partial charge in [0.05, 0.1) is 24.0 Å². The lowest BCUT2D eigenvalue weighted by Gasteiger charge is -2.12. The minimum Gasteiger partial charge on any atom is -0.368 e. The monoisotopic (exact) mass is 419 g/mol. The Hall–Kier alpha value is -2.32. The number of fused-ring (bicyclic) bond motifs is 1. The van der Waals surface area contributed by atoms with E-state index in [0.29, 0.717) is 52.5 Å². The zero-order chi connectivity index (χ0) is 19.5. The second-order valence-electron chi connectivity index (χ2n) is 6.75. The van der Waals surface area contributed by atoms with E-state index in [2.05, 4.69) is 20.7 Å². The molecule has 1 fully saturated rings. The van der Waals surface area contributed by atoms with E-state index in [4.69, 9.17) is 11.6 Å². The Morgan fingerprint density at radius 1 is 1.32 bits per heavy atom. The van der Waals surface area contributed by atoms with Crippen LogP contribution in [0.5, 0.6) is 0 Å². The van der Waals surface area contributed by atoms with Gasteiger partial charge < -0.3 is 10.6 Å². The molecule has 0 bridgehead atoms. The van der Waals surface area contributed by atoms with Crippen LogP contribution in [-0.4, -0.2) is 33.6 Å². The van der Waals surface area contributed by atoms with Gasteiger partial charge in [-0.05, 0) is 24.8 Å². The normalized spacial score (nSPS) is 13.6. The van der Waals surface area contributed by atoms with Crippen molar-refractivity contribution in [2.75, 3.05) is 18.4 Å². The summed E-state index contributed by atoms with van der Waals surface area (Å²) in [5, 5.41) is 10.9. The maximum absolute atomic E-state index is 13.3. The zero-order valence-electron chi connectivity index (χ0n) is 15.0. The van der Waals surface area contributed by atoms with Crippen LogP contribution in [0.25, 0.3) is 16.9 Å². The van der Waals surface area contributed by atoms with E-state index in [9.17, 15) is 8.68 Å². The molecular weight excluding hydrogens is 401 g/mol. The van der Waals surface area contributed by atoms with Crippen LogP contribution in [0.2, 0.25) is 5.02 Å². The van der Waals surface area contributed by atoms with Crippen LogP contribution < -0.4 is 10.6 Å². The fourth-order valence-electron chi connectivity index (χ4n) is 2.98. The second-order valence-corrected chi connectivity index (χ2v) is 7.75. The molecule has 2 aromatic heterocycles. The molecule has 3 aromatic rings. The lowest BCUT2D eigenvalue weighted by Crippen LogP contribution is -2.29. The first-order chi connectivity index (χ1) is 13.7. The van der Waals surface area contributed by atoms with Gasteiger partial charge in [-0.15, -0.1) is 0 Å². The standard InChI is InChI=1S/C19H19ClFN5OS/c20-14-4-2-1-3-13(14)15-10-17(26-19(25-15)16(28-21)11-24-26)22-7-8-23-18(27)9-12-5-6-12/h1-4,10-12,22H,5-9H2,(H,23,27). The number of carbonyl (C=O) groups excluding carboxylic acids is 1. The Bertz CT molecular complexity index is 1010. The van der Waals surface area contributed by atoms with Crippen molar-refractivity contribution in [2.45, 2.75) is 24.2 Å². The molecule has 1 aliphatic carbocycles. The molecule has 0 unspecified atom stereocenters. The highest BCUT2D eigenvalue weighted by Crippen LogP contribution is 2.32. The topological polar surface area (TPSA) is 71.3 Å². The van der Waals surface area contributed by atoms with Crippen LogP contribution in [-0.2, 0) is 4.79 Å². The Morgan fingerprint density at radius 2 is 2.14 bits per heavy atom. The second kappa shape index (κ2) is 8.36. The lowest BCUT2D eigenvalue weighted by atomic mass is 10.1. The Kier molecular flexibility index (Phi) is 5.68. The van der Waals surface area contributed by atoms with Gasteiger partial charge in [-0.3, -0.25) is 4.79 Å². The van der Waals surface area contributed by atoms with Crippen molar-refractivity contribution in [3.05, 3.63) is 41.6 Å². The zero-order valence-corrected chi connectivity index (χ0v) is 16.6. The number of aromatic nitrogens is 3. The summed E-state index contributed by atoms with van der Waals surface area (Å²) in [4.78, 5) is 16.7. The predicted octanol–water partition coefficient (Wildman–Crippen LogP) is 4.35. The largest absolute Gasteiger partial charge is 0.368 e. The van der Waals surface area contributed by atoms with E-state index in [1.807, 2.05) is 24.3 Å². The summed E-state index contributed by atoms with van der Waals surface area (Å²) in [6.07, 6.45) is 4.35. The lowest BCUT2D eigenvalue weighted by molar-refractivity contribution is -0.121. The Balaban J connectivity index is 1.55. The molecule has 1 amide bonds. The predicted molar refractivity (Wildman–Crippen MR) is 109 cm³/mol. The van der Waals surface area contributed by atoms with Crippen molar-refractivity contribution in [3.63, 3.8) is 0 Å². The third-order valence-electron chi connectivity index (χ3n) is 4.60. The van der Waals surface area contributed by atoms with Gasteiger partial charge in [0.2, 0.25) is 5.91 Å². The smallest absolute Gasteiger partial charge is 0.220 e. The SMILES string of the molecule is O=C(CC1CC1)NCCNc1cc(-c2ccccc2Cl)nc2c(SF)cnn12. The van der Waals surface area contributed by atoms with Crippen LogP contribution in [0.15, 0.2) is 41.4 Å². The van der Waals surface area contributed by atoms with Gasteiger partial charge in [-0.25, -0.2) is 4.98 Å². The van der Waals surface area contributed by atoms with E-state index in [0.717, 1.165) is 18.4 Å². The highest BCUT2D eigenvalue weighted by Gasteiger charge is 2.24. The van der Waals surface area contributed by atoms with Crippen LogP contribution in [0.1, 0.15) is 19.3 Å². The third-order valence-corrected chi connectivity index (χ3v) is 5.38. The van der Waals surface area contributed by atoms with Crippen LogP contribution in [0, 0.1) is 5.92 Å². The minimum absolute atomic E-state index is 0.0798. The van der Waals surface area contributed by atoms with Gasteiger partial charge in [0.15, 0.2) is 5.65 Å². The summed E-state index contributed by atoms with van der Waals surface area (Å²) in [5.74, 6) is 1.29. The first kappa shape index (κ1) is 19.0. The van der Waals surface area contributed by atoms with Crippen molar-refractivity contribution in [2.24, 2.45) is 5.92 Å². The number of rotatable bonds is 8.